The third-order valence-corrected chi connectivity index (χ3v) is 3.32. The van der Waals surface area contributed by atoms with Crippen LogP contribution in [0.1, 0.15) is 6.92 Å². The van der Waals surface area contributed by atoms with Gasteiger partial charge in [0.05, 0.1) is 5.75 Å². The molecule has 94 valence electrons. The van der Waals surface area contributed by atoms with Gasteiger partial charge in [-0.05, 0) is 38.2 Å². The predicted octanol–water partition coefficient (Wildman–Crippen LogP) is 1.21. The van der Waals surface area contributed by atoms with Gasteiger partial charge in [-0.15, -0.1) is 11.8 Å². The van der Waals surface area contributed by atoms with Crippen molar-refractivity contribution in [2.75, 3.05) is 19.3 Å². The summed E-state index contributed by atoms with van der Waals surface area (Å²) in [4.78, 5) is 12.5. The minimum atomic E-state index is 0.0187. The van der Waals surface area contributed by atoms with Crippen molar-refractivity contribution in [3.05, 3.63) is 24.3 Å². The van der Waals surface area contributed by atoms with Crippen LogP contribution in [-0.2, 0) is 4.79 Å². The van der Waals surface area contributed by atoms with E-state index in [1.165, 1.54) is 11.8 Å². The van der Waals surface area contributed by atoms with Crippen LogP contribution in [-0.4, -0.2) is 36.4 Å². The van der Waals surface area contributed by atoms with Gasteiger partial charge >= 0.3 is 0 Å². The number of aromatic hydroxyl groups is 1. The number of hydrogen-bond acceptors (Lipinski definition) is 4. The van der Waals surface area contributed by atoms with Gasteiger partial charge in [0.25, 0.3) is 0 Å². The first kappa shape index (κ1) is 13.9. The van der Waals surface area contributed by atoms with Crippen LogP contribution in [0.2, 0.25) is 0 Å². The molecule has 0 radical (unpaired) electrons. The van der Waals surface area contributed by atoms with E-state index in [1.54, 1.807) is 24.3 Å². The second-order valence-corrected chi connectivity index (χ2v) is 4.83. The molecule has 3 N–H and O–H groups in total. The van der Waals surface area contributed by atoms with Crippen LogP contribution in [0.5, 0.6) is 5.75 Å². The summed E-state index contributed by atoms with van der Waals surface area (Å²) in [6.45, 7) is 2.64. The van der Waals surface area contributed by atoms with Crippen LogP contribution in [0.4, 0.5) is 0 Å². The van der Waals surface area contributed by atoms with Crippen LogP contribution >= 0.6 is 11.8 Å². The molecular formula is C12H18N2O2S. The minimum Gasteiger partial charge on any atom is -0.508 e. The Hall–Kier alpha value is -1.20. The maximum atomic E-state index is 11.5. The molecule has 0 heterocycles. The highest BCUT2D eigenvalue weighted by Gasteiger charge is 2.04. The van der Waals surface area contributed by atoms with E-state index in [1.807, 2.05) is 14.0 Å². The van der Waals surface area contributed by atoms with Crippen LogP contribution in [0.15, 0.2) is 29.2 Å². The molecule has 0 aliphatic heterocycles. The van der Waals surface area contributed by atoms with Crippen LogP contribution < -0.4 is 10.6 Å². The van der Waals surface area contributed by atoms with E-state index in [0.717, 1.165) is 4.90 Å². The second kappa shape index (κ2) is 7.19. The van der Waals surface area contributed by atoms with Gasteiger partial charge < -0.3 is 15.7 Å². The lowest BCUT2D eigenvalue weighted by Gasteiger charge is -2.11. The number of carbonyl (C=O) groups excluding carboxylic acids is 1. The molecule has 0 saturated heterocycles. The van der Waals surface area contributed by atoms with E-state index < -0.39 is 0 Å². The zero-order valence-electron chi connectivity index (χ0n) is 10.1. The highest BCUT2D eigenvalue weighted by atomic mass is 32.2. The van der Waals surface area contributed by atoms with Crippen LogP contribution in [0, 0.1) is 0 Å². The number of thioether (sulfide) groups is 1. The third-order valence-electron chi connectivity index (χ3n) is 2.30. The Morgan fingerprint density at radius 1 is 1.41 bits per heavy atom. The van der Waals surface area contributed by atoms with Gasteiger partial charge in [0, 0.05) is 17.5 Å². The maximum absolute atomic E-state index is 11.5. The number of nitrogens with one attached hydrogen (secondary N) is 2. The van der Waals surface area contributed by atoms with Gasteiger partial charge in [0.1, 0.15) is 5.75 Å². The molecule has 1 aromatic rings. The van der Waals surface area contributed by atoms with E-state index in [2.05, 4.69) is 10.6 Å². The van der Waals surface area contributed by atoms with Crippen molar-refractivity contribution < 1.29 is 9.90 Å². The van der Waals surface area contributed by atoms with Gasteiger partial charge in [-0.3, -0.25) is 4.79 Å². The van der Waals surface area contributed by atoms with E-state index in [-0.39, 0.29) is 17.7 Å². The molecule has 0 aromatic heterocycles. The summed E-state index contributed by atoms with van der Waals surface area (Å²) >= 11 is 1.45. The second-order valence-electron chi connectivity index (χ2n) is 3.78. The fraction of sp³-hybridized carbons (Fsp3) is 0.417. The average molecular weight is 254 g/mol. The van der Waals surface area contributed by atoms with Crippen LogP contribution in [0.3, 0.4) is 0 Å². The number of phenols is 1. The molecule has 1 rings (SSSR count). The van der Waals surface area contributed by atoms with Gasteiger partial charge in [-0.1, -0.05) is 0 Å². The number of benzene rings is 1. The molecule has 4 nitrogen and oxygen atoms in total. The Labute approximate surface area is 106 Å². The number of carbonyl (C=O) groups is 1. The maximum Gasteiger partial charge on any atom is 0.230 e. The fourth-order valence-electron chi connectivity index (χ4n) is 1.11. The number of phenolic OH excluding ortho intramolecular Hbond substituents is 1. The van der Waals surface area contributed by atoms with E-state index >= 15 is 0 Å². The molecule has 1 unspecified atom stereocenters. The summed E-state index contributed by atoms with van der Waals surface area (Å²) < 4.78 is 0. The van der Waals surface area contributed by atoms with Gasteiger partial charge in [-0.25, -0.2) is 0 Å². The number of rotatable bonds is 6. The minimum absolute atomic E-state index is 0.0187. The standard InChI is InChI=1S/C12H18N2O2S/c1-9(13-2)7-14-12(16)8-17-11-5-3-10(15)4-6-11/h3-6,9,13,15H,7-8H2,1-2H3,(H,14,16). The summed E-state index contributed by atoms with van der Waals surface area (Å²) in [7, 11) is 1.86. The van der Waals surface area contributed by atoms with E-state index in [9.17, 15) is 4.79 Å². The first-order valence-corrected chi connectivity index (χ1v) is 6.46. The highest BCUT2D eigenvalue weighted by Crippen LogP contribution is 2.20. The van der Waals surface area contributed by atoms with E-state index in [0.29, 0.717) is 12.3 Å². The summed E-state index contributed by atoms with van der Waals surface area (Å²) in [5.41, 5.74) is 0. The molecule has 1 amide bonds. The predicted molar refractivity (Wildman–Crippen MR) is 70.4 cm³/mol. The van der Waals surface area contributed by atoms with E-state index in [4.69, 9.17) is 5.11 Å². The number of likely N-dealkylation sites (N-methyl/N-ethyl adjacent to an activating group) is 1. The molecule has 0 spiro atoms. The van der Waals surface area contributed by atoms with Gasteiger partial charge in [-0.2, -0.15) is 0 Å². The molecular weight excluding hydrogens is 236 g/mol. The van der Waals surface area contributed by atoms with Crippen molar-refractivity contribution in [3.63, 3.8) is 0 Å². The third kappa shape index (κ3) is 5.60. The molecule has 0 fully saturated rings. The molecule has 0 bridgehead atoms. The lowest BCUT2D eigenvalue weighted by Crippen LogP contribution is -2.37. The number of hydrogen-bond donors (Lipinski definition) is 3. The molecule has 1 aromatic carbocycles. The lowest BCUT2D eigenvalue weighted by molar-refractivity contribution is -0.118. The van der Waals surface area contributed by atoms with Crippen molar-refractivity contribution in [1.82, 2.24) is 10.6 Å². The quantitative estimate of drug-likeness (QED) is 0.668. The zero-order valence-corrected chi connectivity index (χ0v) is 10.9. The summed E-state index contributed by atoms with van der Waals surface area (Å²) in [5, 5.41) is 15.0. The Balaban J connectivity index is 2.26. The highest BCUT2D eigenvalue weighted by molar-refractivity contribution is 8.00. The normalized spacial score (nSPS) is 12.1. The topological polar surface area (TPSA) is 61.4 Å². The largest absolute Gasteiger partial charge is 0.508 e. The Bertz CT molecular complexity index is 354. The Morgan fingerprint density at radius 3 is 2.65 bits per heavy atom. The first-order valence-electron chi connectivity index (χ1n) is 5.47. The van der Waals surface area contributed by atoms with Crippen molar-refractivity contribution in [2.24, 2.45) is 0 Å². The van der Waals surface area contributed by atoms with Gasteiger partial charge in [0.2, 0.25) is 5.91 Å². The van der Waals surface area contributed by atoms with Crippen molar-refractivity contribution >= 4 is 17.7 Å². The SMILES string of the molecule is CNC(C)CNC(=O)CSc1ccc(O)cc1. The lowest BCUT2D eigenvalue weighted by atomic mass is 10.3. The van der Waals surface area contributed by atoms with Crippen LogP contribution in [0.25, 0.3) is 0 Å². The van der Waals surface area contributed by atoms with Crippen molar-refractivity contribution in [2.45, 2.75) is 17.9 Å². The summed E-state index contributed by atoms with van der Waals surface area (Å²) in [6.07, 6.45) is 0. The molecule has 17 heavy (non-hydrogen) atoms. The van der Waals surface area contributed by atoms with Crippen molar-refractivity contribution in [1.29, 1.82) is 0 Å². The molecule has 0 aliphatic carbocycles. The Morgan fingerprint density at radius 2 is 2.06 bits per heavy atom. The summed E-state index contributed by atoms with van der Waals surface area (Å²) in [5.74, 6) is 0.646. The monoisotopic (exact) mass is 254 g/mol. The summed E-state index contributed by atoms with van der Waals surface area (Å²) in [6, 6.07) is 7.09. The molecule has 0 aliphatic rings. The first-order chi connectivity index (χ1) is 8.11. The average Bonchev–Trinajstić information content (AvgIpc) is 2.35. The Kier molecular flexibility index (Phi) is 5.86. The fourth-order valence-corrected chi connectivity index (χ4v) is 1.84. The molecule has 5 heteroatoms. The smallest absolute Gasteiger partial charge is 0.230 e. The zero-order chi connectivity index (χ0) is 12.7. The van der Waals surface area contributed by atoms with Crippen molar-refractivity contribution in [3.8, 4) is 5.75 Å². The van der Waals surface area contributed by atoms with Gasteiger partial charge in [0.15, 0.2) is 0 Å². The molecule has 1 atom stereocenters. The number of amides is 1. The molecule has 0 saturated carbocycles.